The van der Waals surface area contributed by atoms with E-state index in [9.17, 15) is 0 Å². The number of aliphatic hydroxyl groups is 1. The third kappa shape index (κ3) is 11.3. The first-order valence-corrected chi connectivity index (χ1v) is 4.53. The molecule has 0 atom stereocenters. The lowest BCUT2D eigenvalue weighted by atomic mass is 10.2. The Morgan fingerprint density at radius 3 is 1.77 bits per heavy atom. The maximum atomic E-state index is 8.74. The van der Waals surface area contributed by atoms with Crippen LogP contribution in [-0.2, 0) is 11.2 Å². The normalized spacial score (nSPS) is 8.31. The zero-order valence-corrected chi connectivity index (χ0v) is 7.34. The maximum Gasteiger partial charge on any atom is 0.314 e. The van der Waals surface area contributed by atoms with Gasteiger partial charge in [0.1, 0.15) is 0 Å². The third-order valence-corrected chi connectivity index (χ3v) is 1.03. The number of hydrogen-bond donors (Lipinski definition) is 3. The van der Waals surface area contributed by atoms with Crippen LogP contribution in [0.3, 0.4) is 0 Å². The smallest absolute Gasteiger partial charge is 0.314 e. The zero-order valence-electron chi connectivity index (χ0n) is 6.34. The molecule has 0 amide bonds. The highest BCUT2D eigenvalue weighted by Gasteiger charge is 1.81. The van der Waals surface area contributed by atoms with Gasteiger partial charge < -0.3 is 14.9 Å². The van der Waals surface area contributed by atoms with E-state index in [2.05, 4.69) is 0 Å². The molecule has 0 spiro atoms. The van der Waals surface area contributed by atoms with Gasteiger partial charge in [-0.2, -0.15) is 0 Å². The van der Waals surface area contributed by atoms with E-state index in [1.54, 1.807) is 0 Å². The number of hydrogen-bond acceptors (Lipinski definition) is 2. The summed E-state index contributed by atoms with van der Waals surface area (Å²) in [5.74, 6) is 0. The average molecular weight is 206 g/mol. The van der Waals surface area contributed by atoms with Crippen molar-refractivity contribution in [3.05, 3.63) is 35.9 Å². The predicted octanol–water partition coefficient (Wildman–Crippen LogP) is 1.18. The summed E-state index contributed by atoms with van der Waals surface area (Å²) in [5, 5.41) is 8.54. The van der Waals surface area contributed by atoms with Crippen molar-refractivity contribution in [2.45, 2.75) is 14.0 Å². The molecule has 0 fully saturated rings. The Labute approximate surface area is 78.4 Å². The Morgan fingerprint density at radius 1 is 1.15 bits per heavy atom. The molecule has 13 heavy (non-hydrogen) atoms. The standard InChI is InChI=1S/C7H8O.CH4.H3O3P/c8-6-7-4-2-1-3-5-7;;1-4(2)3/h1-5,8H,6H2;1H4;4H,(H2,1,2,3). The molecule has 4 nitrogen and oxygen atoms in total. The molecule has 0 saturated carbocycles. The van der Waals surface area contributed by atoms with Crippen LogP contribution >= 0.6 is 8.25 Å². The highest BCUT2D eigenvalue weighted by Crippen LogP contribution is 1.98. The molecule has 76 valence electrons. The zero-order chi connectivity index (χ0) is 9.40. The van der Waals surface area contributed by atoms with E-state index in [-0.39, 0.29) is 14.0 Å². The van der Waals surface area contributed by atoms with Crippen LogP contribution in [0.5, 0.6) is 0 Å². The van der Waals surface area contributed by atoms with Crippen molar-refractivity contribution >= 4 is 8.25 Å². The summed E-state index contributed by atoms with van der Waals surface area (Å²) in [5.41, 5.74) is 0.965. The van der Waals surface area contributed by atoms with E-state index in [0.717, 1.165) is 5.56 Å². The van der Waals surface area contributed by atoms with Gasteiger partial charge in [-0.15, -0.1) is 0 Å². The summed E-state index contributed by atoms with van der Waals surface area (Å²) in [6.07, 6.45) is 0. The molecular weight excluding hydrogens is 191 g/mol. The SMILES string of the molecule is C.O=[PH](O)O.OCc1ccccc1. The van der Waals surface area contributed by atoms with Crippen molar-refractivity contribution in [2.75, 3.05) is 0 Å². The van der Waals surface area contributed by atoms with E-state index in [0.29, 0.717) is 0 Å². The fourth-order valence-electron chi connectivity index (χ4n) is 0.583. The molecule has 0 saturated heterocycles. The fraction of sp³-hybridized carbons (Fsp3) is 0.250. The lowest BCUT2D eigenvalue weighted by molar-refractivity contribution is 0.282. The van der Waals surface area contributed by atoms with Crippen LogP contribution in [-0.4, -0.2) is 14.9 Å². The van der Waals surface area contributed by atoms with Crippen LogP contribution < -0.4 is 0 Å². The predicted molar refractivity (Wildman–Crippen MR) is 52.5 cm³/mol. The largest absolute Gasteiger partial charge is 0.392 e. The Bertz CT molecular complexity index is 221. The summed E-state index contributed by atoms with van der Waals surface area (Å²) in [7, 11) is -3.13. The first-order valence-electron chi connectivity index (χ1n) is 3.23. The number of aliphatic hydroxyl groups excluding tert-OH is 1. The molecule has 0 aliphatic heterocycles. The van der Waals surface area contributed by atoms with Gasteiger partial charge in [-0.1, -0.05) is 37.8 Å². The molecule has 1 rings (SSSR count). The monoisotopic (exact) mass is 206 g/mol. The Balaban J connectivity index is 0. The average Bonchev–Trinajstić information content (AvgIpc) is 2.05. The summed E-state index contributed by atoms with van der Waals surface area (Å²) >= 11 is 0. The van der Waals surface area contributed by atoms with Crippen LogP contribution in [0.4, 0.5) is 0 Å². The molecule has 5 heteroatoms. The summed E-state index contributed by atoms with van der Waals surface area (Å²) in [6.45, 7) is 0.140. The van der Waals surface area contributed by atoms with Gasteiger partial charge in [0.2, 0.25) is 0 Å². The van der Waals surface area contributed by atoms with E-state index >= 15 is 0 Å². The van der Waals surface area contributed by atoms with E-state index < -0.39 is 8.25 Å². The highest BCUT2D eigenvalue weighted by molar-refractivity contribution is 7.30. The van der Waals surface area contributed by atoms with Gasteiger partial charge in [0.15, 0.2) is 0 Å². The quantitative estimate of drug-likeness (QED) is 0.603. The van der Waals surface area contributed by atoms with Crippen molar-refractivity contribution in [3.8, 4) is 0 Å². The van der Waals surface area contributed by atoms with Gasteiger partial charge in [0.25, 0.3) is 0 Å². The molecule has 1 aromatic carbocycles. The van der Waals surface area contributed by atoms with Gasteiger partial charge in [0, 0.05) is 0 Å². The number of benzene rings is 1. The second-order valence-corrected chi connectivity index (χ2v) is 2.49. The molecule has 0 heterocycles. The Morgan fingerprint density at radius 2 is 1.54 bits per heavy atom. The van der Waals surface area contributed by atoms with Crippen molar-refractivity contribution in [3.63, 3.8) is 0 Å². The number of rotatable bonds is 1. The van der Waals surface area contributed by atoms with Crippen molar-refractivity contribution in [1.29, 1.82) is 0 Å². The van der Waals surface area contributed by atoms with Crippen LogP contribution in [0.1, 0.15) is 13.0 Å². The van der Waals surface area contributed by atoms with E-state index in [4.69, 9.17) is 19.5 Å². The molecule has 1 aromatic rings. The minimum atomic E-state index is -3.13. The van der Waals surface area contributed by atoms with Crippen LogP contribution in [0.25, 0.3) is 0 Å². The topological polar surface area (TPSA) is 77.8 Å². The molecule has 0 aliphatic rings. The lowest BCUT2D eigenvalue weighted by Gasteiger charge is -1.89. The van der Waals surface area contributed by atoms with Gasteiger partial charge in [0.05, 0.1) is 6.61 Å². The summed E-state index contributed by atoms with van der Waals surface area (Å²) in [6, 6.07) is 9.52. The first-order chi connectivity index (χ1) is 5.66. The lowest BCUT2D eigenvalue weighted by Crippen LogP contribution is -1.77. The second-order valence-electron chi connectivity index (χ2n) is 1.93. The molecule has 0 unspecified atom stereocenters. The first kappa shape index (κ1) is 14.8. The van der Waals surface area contributed by atoms with Gasteiger partial charge in [-0.3, -0.25) is 4.57 Å². The van der Waals surface area contributed by atoms with Crippen LogP contribution in [0.15, 0.2) is 30.3 Å². The van der Waals surface area contributed by atoms with E-state index in [1.807, 2.05) is 30.3 Å². The highest BCUT2D eigenvalue weighted by atomic mass is 31.1. The van der Waals surface area contributed by atoms with Crippen molar-refractivity contribution in [1.82, 2.24) is 0 Å². The molecule has 3 N–H and O–H groups in total. The molecule has 0 aliphatic carbocycles. The Kier molecular flexibility index (Phi) is 10.7. The van der Waals surface area contributed by atoms with Gasteiger partial charge in [-0.05, 0) is 5.56 Å². The molecule has 0 bridgehead atoms. The molecule has 0 radical (unpaired) electrons. The molecular formula is C8H15O4P. The van der Waals surface area contributed by atoms with Crippen molar-refractivity contribution in [2.24, 2.45) is 0 Å². The Hall–Kier alpha value is -0.670. The summed E-state index contributed by atoms with van der Waals surface area (Å²) < 4.78 is 8.74. The van der Waals surface area contributed by atoms with Gasteiger partial charge >= 0.3 is 8.25 Å². The third-order valence-electron chi connectivity index (χ3n) is 1.03. The minimum Gasteiger partial charge on any atom is -0.392 e. The second kappa shape index (κ2) is 9.42. The van der Waals surface area contributed by atoms with E-state index in [1.165, 1.54) is 0 Å². The van der Waals surface area contributed by atoms with Gasteiger partial charge in [-0.25, -0.2) is 0 Å². The van der Waals surface area contributed by atoms with Crippen LogP contribution in [0.2, 0.25) is 0 Å². The summed E-state index contributed by atoms with van der Waals surface area (Å²) in [4.78, 5) is 14.3. The molecule has 0 aromatic heterocycles. The minimum absolute atomic E-state index is 0. The fourth-order valence-corrected chi connectivity index (χ4v) is 0.583. The maximum absolute atomic E-state index is 8.74. The van der Waals surface area contributed by atoms with Crippen LogP contribution in [0, 0.1) is 0 Å². The van der Waals surface area contributed by atoms with Crippen molar-refractivity contribution < 1.29 is 19.5 Å².